The largest absolute Gasteiger partial charge is 0.469 e. The Morgan fingerprint density at radius 1 is 1.31 bits per heavy atom. The van der Waals surface area contributed by atoms with Crippen LogP contribution in [0.1, 0.15) is 51.7 Å². The van der Waals surface area contributed by atoms with Gasteiger partial charge in [-0.1, -0.05) is 26.7 Å². The normalized spacial score (nSPS) is 16.5. The number of furan rings is 1. The van der Waals surface area contributed by atoms with Crippen molar-refractivity contribution in [3.8, 4) is 0 Å². The maximum Gasteiger partial charge on any atom is 0.191 e. The van der Waals surface area contributed by atoms with Crippen molar-refractivity contribution < 1.29 is 9.15 Å². The summed E-state index contributed by atoms with van der Waals surface area (Å²) >= 11 is 0. The second kappa shape index (κ2) is 12.6. The third kappa shape index (κ3) is 8.29. The highest BCUT2D eigenvalue weighted by molar-refractivity contribution is 14.0. The first-order valence-electron chi connectivity index (χ1n) is 9.67. The third-order valence-electron chi connectivity index (χ3n) is 5.00. The van der Waals surface area contributed by atoms with Crippen LogP contribution in [0.3, 0.4) is 0 Å². The minimum absolute atomic E-state index is 0. The van der Waals surface area contributed by atoms with Gasteiger partial charge in [0.1, 0.15) is 5.76 Å². The Labute approximate surface area is 175 Å². The highest BCUT2D eigenvalue weighted by atomic mass is 127. The Kier molecular flexibility index (Phi) is 11.3. The second-order valence-corrected chi connectivity index (χ2v) is 7.65. The molecule has 1 aromatic rings. The van der Waals surface area contributed by atoms with Gasteiger partial charge in [-0.15, -0.1) is 24.0 Å². The first-order chi connectivity index (χ1) is 12.1. The van der Waals surface area contributed by atoms with Crippen molar-refractivity contribution in [3.63, 3.8) is 0 Å². The van der Waals surface area contributed by atoms with Crippen LogP contribution in [0.5, 0.6) is 0 Å². The molecule has 1 fully saturated rings. The molecule has 0 saturated heterocycles. The van der Waals surface area contributed by atoms with Crippen molar-refractivity contribution in [2.75, 3.05) is 33.4 Å². The van der Waals surface area contributed by atoms with Crippen LogP contribution in [-0.2, 0) is 11.2 Å². The third-order valence-corrected chi connectivity index (χ3v) is 5.00. The van der Waals surface area contributed by atoms with Gasteiger partial charge in [-0.05, 0) is 42.7 Å². The van der Waals surface area contributed by atoms with Crippen molar-refractivity contribution >= 4 is 29.9 Å². The number of rotatable bonds is 10. The van der Waals surface area contributed by atoms with E-state index in [1.165, 1.54) is 25.7 Å². The summed E-state index contributed by atoms with van der Waals surface area (Å²) in [4.78, 5) is 4.93. The Balaban J connectivity index is 0.00000338. The van der Waals surface area contributed by atoms with Gasteiger partial charge < -0.3 is 19.8 Å². The molecule has 2 rings (SSSR count). The first kappa shape index (κ1) is 23.3. The maximum atomic E-state index is 5.40. The Morgan fingerprint density at radius 2 is 2.08 bits per heavy atom. The molecule has 26 heavy (non-hydrogen) atoms. The maximum absolute atomic E-state index is 5.40. The van der Waals surface area contributed by atoms with Crippen molar-refractivity contribution in [2.24, 2.45) is 16.3 Å². The summed E-state index contributed by atoms with van der Waals surface area (Å²) in [5.74, 6) is 2.51. The van der Waals surface area contributed by atoms with Gasteiger partial charge in [-0.2, -0.15) is 0 Å². The van der Waals surface area contributed by atoms with E-state index < -0.39 is 0 Å². The number of nitrogens with zero attached hydrogens (tertiary/aromatic N) is 1. The van der Waals surface area contributed by atoms with Crippen LogP contribution in [0.25, 0.3) is 0 Å². The van der Waals surface area contributed by atoms with Crippen LogP contribution >= 0.6 is 24.0 Å². The lowest BCUT2D eigenvalue weighted by Crippen LogP contribution is -2.41. The minimum Gasteiger partial charge on any atom is -0.469 e. The molecule has 0 spiro atoms. The molecule has 150 valence electrons. The van der Waals surface area contributed by atoms with Gasteiger partial charge in [-0.25, -0.2) is 0 Å². The molecule has 1 aliphatic carbocycles. The SMILES string of the molecule is COCCC1(CN=C(NCCc2ccco2)NCC(C)C)CCCC1.I. The summed E-state index contributed by atoms with van der Waals surface area (Å²) in [6.45, 7) is 7.88. The molecule has 0 bridgehead atoms. The standard InChI is InChI=1S/C20H35N3O2.HI/c1-17(2)15-22-19(21-12-8-18-7-6-13-25-18)23-16-20(11-14-24-3)9-4-5-10-20;/h6-7,13,17H,4-5,8-12,14-16H2,1-3H3,(H2,21,22,23);1H. The molecule has 0 amide bonds. The molecule has 1 saturated carbocycles. The number of ether oxygens (including phenoxy) is 1. The number of hydrogen-bond acceptors (Lipinski definition) is 3. The average Bonchev–Trinajstić information content (AvgIpc) is 3.27. The summed E-state index contributed by atoms with van der Waals surface area (Å²) in [5, 5.41) is 6.93. The van der Waals surface area contributed by atoms with Crippen LogP contribution in [-0.4, -0.2) is 39.3 Å². The van der Waals surface area contributed by atoms with Gasteiger partial charge in [0.25, 0.3) is 0 Å². The molecular weight excluding hydrogens is 441 g/mol. The zero-order valence-electron chi connectivity index (χ0n) is 16.6. The minimum atomic E-state index is 0. The van der Waals surface area contributed by atoms with E-state index in [0.29, 0.717) is 11.3 Å². The molecule has 0 atom stereocenters. The summed E-state index contributed by atoms with van der Waals surface area (Å²) in [5.41, 5.74) is 0.323. The lowest BCUT2D eigenvalue weighted by atomic mass is 9.83. The number of guanidine groups is 1. The Hall–Kier alpha value is -0.760. The van der Waals surface area contributed by atoms with Gasteiger partial charge in [0.2, 0.25) is 0 Å². The number of aliphatic imine (C=N–C) groups is 1. The van der Waals surface area contributed by atoms with E-state index >= 15 is 0 Å². The summed E-state index contributed by atoms with van der Waals surface area (Å²) in [6.07, 6.45) is 8.87. The highest BCUT2D eigenvalue weighted by Gasteiger charge is 2.33. The first-order valence-corrected chi connectivity index (χ1v) is 9.67. The molecule has 5 nitrogen and oxygen atoms in total. The quantitative estimate of drug-likeness (QED) is 0.301. The van der Waals surface area contributed by atoms with Crippen molar-refractivity contribution in [3.05, 3.63) is 24.2 Å². The molecular formula is C20H36IN3O2. The molecule has 0 radical (unpaired) electrons. The van der Waals surface area contributed by atoms with E-state index in [-0.39, 0.29) is 24.0 Å². The van der Waals surface area contributed by atoms with E-state index in [2.05, 4.69) is 24.5 Å². The van der Waals surface area contributed by atoms with E-state index in [1.54, 1.807) is 13.4 Å². The summed E-state index contributed by atoms with van der Waals surface area (Å²) in [7, 11) is 1.79. The number of hydrogen-bond donors (Lipinski definition) is 2. The topological polar surface area (TPSA) is 58.8 Å². The molecule has 1 aliphatic rings. The van der Waals surface area contributed by atoms with Gasteiger partial charge in [0, 0.05) is 39.8 Å². The zero-order chi connectivity index (χ0) is 18.0. The lowest BCUT2D eigenvalue weighted by molar-refractivity contribution is 0.141. The molecule has 0 aromatic carbocycles. The number of nitrogens with one attached hydrogen (secondary N) is 2. The van der Waals surface area contributed by atoms with Crippen LogP contribution in [0.15, 0.2) is 27.8 Å². The van der Waals surface area contributed by atoms with Crippen molar-refractivity contribution in [1.29, 1.82) is 0 Å². The molecule has 0 unspecified atom stereocenters. The molecule has 0 aliphatic heterocycles. The van der Waals surface area contributed by atoms with E-state index in [1.807, 2.05) is 12.1 Å². The molecule has 6 heteroatoms. The van der Waals surface area contributed by atoms with Crippen LogP contribution in [0.4, 0.5) is 0 Å². The fraction of sp³-hybridized carbons (Fsp3) is 0.750. The van der Waals surface area contributed by atoms with E-state index in [9.17, 15) is 0 Å². The van der Waals surface area contributed by atoms with Crippen molar-refractivity contribution in [1.82, 2.24) is 10.6 Å². The van der Waals surface area contributed by atoms with Crippen LogP contribution < -0.4 is 10.6 Å². The van der Waals surface area contributed by atoms with Crippen LogP contribution in [0, 0.1) is 11.3 Å². The predicted octanol–water partition coefficient (Wildman–Crippen LogP) is 4.23. The van der Waals surface area contributed by atoms with Gasteiger partial charge in [0.15, 0.2) is 5.96 Å². The highest BCUT2D eigenvalue weighted by Crippen LogP contribution is 2.41. The zero-order valence-corrected chi connectivity index (χ0v) is 18.9. The fourth-order valence-corrected chi connectivity index (χ4v) is 3.41. The molecule has 1 aromatic heterocycles. The Bertz CT molecular complexity index is 497. The monoisotopic (exact) mass is 477 g/mol. The Morgan fingerprint density at radius 3 is 2.69 bits per heavy atom. The fourth-order valence-electron chi connectivity index (χ4n) is 3.41. The van der Waals surface area contributed by atoms with Gasteiger partial charge in [0.05, 0.1) is 6.26 Å². The number of halogens is 1. The van der Waals surface area contributed by atoms with Crippen molar-refractivity contribution in [2.45, 2.75) is 52.4 Å². The van der Waals surface area contributed by atoms with Gasteiger partial charge in [-0.3, -0.25) is 4.99 Å². The second-order valence-electron chi connectivity index (χ2n) is 7.65. The average molecular weight is 477 g/mol. The van der Waals surface area contributed by atoms with E-state index in [4.69, 9.17) is 14.1 Å². The van der Waals surface area contributed by atoms with Crippen LogP contribution in [0.2, 0.25) is 0 Å². The van der Waals surface area contributed by atoms with Gasteiger partial charge >= 0.3 is 0 Å². The summed E-state index contributed by atoms with van der Waals surface area (Å²) in [6, 6.07) is 3.94. The number of methoxy groups -OCH3 is 1. The predicted molar refractivity (Wildman–Crippen MR) is 118 cm³/mol. The summed E-state index contributed by atoms with van der Waals surface area (Å²) < 4.78 is 10.7. The molecule has 2 N–H and O–H groups in total. The molecule has 1 heterocycles. The lowest BCUT2D eigenvalue weighted by Gasteiger charge is -2.27. The smallest absolute Gasteiger partial charge is 0.191 e. The van der Waals surface area contributed by atoms with E-state index in [0.717, 1.165) is 50.8 Å².